The summed E-state index contributed by atoms with van der Waals surface area (Å²) in [6, 6.07) is 11.6. The van der Waals surface area contributed by atoms with E-state index in [-0.39, 0.29) is 6.10 Å². The van der Waals surface area contributed by atoms with Crippen LogP contribution in [0.1, 0.15) is 24.4 Å². The number of ether oxygens (including phenoxy) is 1. The van der Waals surface area contributed by atoms with Gasteiger partial charge in [-0.15, -0.1) is 0 Å². The van der Waals surface area contributed by atoms with Crippen LogP contribution in [0, 0.1) is 0 Å². The van der Waals surface area contributed by atoms with Crippen LogP contribution in [0.5, 0.6) is 0 Å². The number of nitrogens with one attached hydrogen (secondary N) is 1. The first-order valence-corrected chi connectivity index (χ1v) is 5.81. The molecule has 0 bridgehead atoms. The molecule has 0 fully saturated rings. The molecule has 2 aromatic rings. The van der Waals surface area contributed by atoms with Gasteiger partial charge in [-0.25, -0.2) is 15.8 Å². The summed E-state index contributed by atoms with van der Waals surface area (Å²) in [6.45, 7) is 2.53. The van der Waals surface area contributed by atoms with Gasteiger partial charge in [-0.2, -0.15) is 0 Å². The Hall–Kier alpha value is -1.98. The molecule has 5 heteroatoms. The van der Waals surface area contributed by atoms with E-state index in [9.17, 15) is 0 Å². The van der Waals surface area contributed by atoms with Crippen molar-refractivity contribution in [2.75, 3.05) is 12.0 Å². The highest BCUT2D eigenvalue weighted by atomic mass is 16.5. The SMILES string of the molecule is CCOC(c1ccccc1)c1nccc(NN)n1. The monoisotopic (exact) mass is 244 g/mol. The summed E-state index contributed by atoms with van der Waals surface area (Å²) >= 11 is 0. The van der Waals surface area contributed by atoms with Gasteiger partial charge in [0, 0.05) is 18.9 Å². The Morgan fingerprint density at radius 3 is 2.72 bits per heavy atom. The molecule has 0 saturated carbocycles. The van der Waals surface area contributed by atoms with Crippen LogP contribution in [0.4, 0.5) is 5.82 Å². The van der Waals surface area contributed by atoms with Gasteiger partial charge in [0.1, 0.15) is 11.9 Å². The summed E-state index contributed by atoms with van der Waals surface area (Å²) in [5.41, 5.74) is 3.53. The first kappa shape index (κ1) is 12.5. The van der Waals surface area contributed by atoms with E-state index in [4.69, 9.17) is 10.6 Å². The van der Waals surface area contributed by atoms with E-state index in [1.807, 2.05) is 37.3 Å². The maximum atomic E-state index is 5.72. The molecular formula is C13H16N4O. The molecule has 0 amide bonds. The topological polar surface area (TPSA) is 73.1 Å². The van der Waals surface area contributed by atoms with Crippen LogP contribution >= 0.6 is 0 Å². The molecule has 1 aromatic carbocycles. The van der Waals surface area contributed by atoms with Gasteiger partial charge in [0.05, 0.1) is 0 Å². The van der Waals surface area contributed by atoms with E-state index < -0.39 is 0 Å². The third kappa shape index (κ3) is 2.82. The van der Waals surface area contributed by atoms with E-state index in [0.29, 0.717) is 18.2 Å². The Morgan fingerprint density at radius 1 is 1.28 bits per heavy atom. The van der Waals surface area contributed by atoms with Crippen LogP contribution in [-0.2, 0) is 4.74 Å². The molecule has 2 rings (SSSR count). The van der Waals surface area contributed by atoms with Crippen LogP contribution in [0.15, 0.2) is 42.6 Å². The summed E-state index contributed by atoms with van der Waals surface area (Å²) in [4.78, 5) is 8.57. The van der Waals surface area contributed by atoms with E-state index in [0.717, 1.165) is 5.56 Å². The number of nitrogen functional groups attached to an aromatic ring is 1. The largest absolute Gasteiger partial charge is 0.366 e. The minimum atomic E-state index is -0.274. The third-order valence-corrected chi connectivity index (χ3v) is 2.49. The van der Waals surface area contributed by atoms with Crippen LogP contribution in [-0.4, -0.2) is 16.6 Å². The number of hydrazine groups is 1. The highest BCUT2D eigenvalue weighted by Gasteiger charge is 2.17. The van der Waals surface area contributed by atoms with Gasteiger partial charge in [0.2, 0.25) is 0 Å². The Bertz CT molecular complexity index is 489. The lowest BCUT2D eigenvalue weighted by atomic mass is 10.1. The van der Waals surface area contributed by atoms with Crippen LogP contribution < -0.4 is 11.3 Å². The Morgan fingerprint density at radius 2 is 2.06 bits per heavy atom. The summed E-state index contributed by atoms with van der Waals surface area (Å²) in [5.74, 6) is 6.52. The molecule has 5 nitrogen and oxygen atoms in total. The lowest BCUT2D eigenvalue weighted by Crippen LogP contribution is -2.14. The molecule has 0 spiro atoms. The van der Waals surface area contributed by atoms with Crippen molar-refractivity contribution >= 4 is 5.82 Å². The van der Waals surface area contributed by atoms with Crippen LogP contribution in [0.2, 0.25) is 0 Å². The molecule has 1 heterocycles. The maximum Gasteiger partial charge on any atom is 0.164 e. The van der Waals surface area contributed by atoms with Gasteiger partial charge in [-0.05, 0) is 12.5 Å². The molecule has 1 aromatic heterocycles. The summed E-state index contributed by atoms with van der Waals surface area (Å²) < 4.78 is 5.72. The minimum Gasteiger partial charge on any atom is -0.366 e. The fourth-order valence-corrected chi connectivity index (χ4v) is 1.69. The minimum absolute atomic E-state index is 0.274. The second-order valence-corrected chi connectivity index (χ2v) is 3.69. The number of hydrogen-bond acceptors (Lipinski definition) is 5. The van der Waals surface area contributed by atoms with E-state index in [2.05, 4.69) is 15.4 Å². The van der Waals surface area contributed by atoms with E-state index >= 15 is 0 Å². The van der Waals surface area contributed by atoms with Crippen molar-refractivity contribution in [3.8, 4) is 0 Å². The van der Waals surface area contributed by atoms with Gasteiger partial charge < -0.3 is 10.2 Å². The molecule has 0 saturated heterocycles. The Kier molecular flexibility index (Phi) is 4.22. The predicted octanol–water partition coefficient (Wildman–Crippen LogP) is 1.89. The van der Waals surface area contributed by atoms with Crippen molar-refractivity contribution in [2.24, 2.45) is 5.84 Å². The molecule has 0 aliphatic carbocycles. The number of hydrogen-bond donors (Lipinski definition) is 2. The average molecular weight is 244 g/mol. The molecule has 94 valence electrons. The zero-order valence-electron chi connectivity index (χ0n) is 10.2. The number of benzene rings is 1. The summed E-state index contributed by atoms with van der Waals surface area (Å²) in [7, 11) is 0. The molecule has 18 heavy (non-hydrogen) atoms. The number of anilines is 1. The zero-order valence-corrected chi connectivity index (χ0v) is 10.2. The highest BCUT2D eigenvalue weighted by Crippen LogP contribution is 2.23. The van der Waals surface area contributed by atoms with Gasteiger partial charge >= 0.3 is 0 Å². The fraction of sp³-hybridized carbons (Fsp3) is 0.231. The molecule has 0 aliphatic heterocycles. The molecule has 3 N–H and O–H groups in total. The fourth-order valence-electron chi connectivity index (χ4n) is 1.69. The van der Waals surface area contributed by atoms with Crippen molar-refractivity contribution < 1.29 is 4.74 Å². The van der Waals surface area contributed by atoms with Crippen molar-refractivity contribution in [2.45, 2.75) is 13.0 Å². The summed E-state index contributed by atoms with van der Waals surface area (Å²) in [5, 5.41) is 0. The van der Waals surface area contributed by atoms with Gasteiger partial charge in [-0.1, -0.05) is 30.3 Å². The maximum absolute atomic E-state index is 5.72. The van der Waals surface area contributed by atoms with E-state index in [1.54, 1.807) is 12.3 Å². The Labute approximate surface area is 106 Å². The standard InChI is InChI=1S/C13H16N4O/c1-2-18-12(10-6-4-3-5-7-10)13-15-9-8-11(16-13)17-14/h3-9,12H,2,14H2,1H3,(H,15,16,17). The highest BCUT2D eigenvalue weighted by molar-refractivity contribution is 5.33. The number of aromatic nitrogens is 2. The lowest BCUT2D eigenvalue weighted by molar-refractivity contribution is 0.0852. The quantitative estimate of drug-likeness (QED) is 0.620. The molecule has 0 aliphatic rings. The number of nitrogens with zero attached hydrogens (tertiary/aromatic N) is 2. The van der Waals surface area contributed by atoms with Crippen LogP contribution in [0.3, 0.4) is 0 Å². The molecule has 1 atom stereocenters. The number of rotatable bonds is 5. The van der Waals surface area contributed by atoms with Crippen molar-refractivity contribution in [1.82, 2.24) is 9.97 Å². The summed E-state index contributed by atoms with van der Waals surface area (Å²) in [6.07, 6.45) is 1.39. The van der Waals surface area contributed by atoms with Gasteiger partial charge in [0.15, 0.2) is 5.82 Å². The second-order valence-electron chi connectivity index (χ2n) is 3.69. The molecular weight excluding hydrogens is 228 g/mol. The van der Waals surface area contributed by atoms with Crippen molar-refractivity contribution in [3.05, 3.63) is 54.0 Å². The average Bonchev–Trinajstić information content (AvgIpc) is 2.46. The number of nitrogens with two attached hydrogens (primary N) is 1. The first-order chi connectivity index (χ1) is 8.85. The van der Waals surface area contributed by atoms with Gasteiger partial charge in [-0.3, -0.25) is 0 Å². The molecule has 0 radical (unpaired) electrons. The normalized spacial score (nSPS) is 12.1. The smallest absolute Gasteiger partial charge is 0.164 e. The van der Waals surface area contributed by atoms with Crippen molar-refractivity contribution in [3.63, 3.8) is 0 Å². The second kappa shape index (κ2) is 6.09. The van der Waals surface area contributed by atoms with E-state index in [1.165, 1.54) is 0 Å². The predicted molar refractivity (Wildman–Crippen MR) is 69.8 cm³/mol. The zero-order chi connectivity index (χ0) is 12.8. The van der Waals surface area contributed by atoms with Crippen molar-refractivity contribution in [1.29, 1.82) is 0 Å². The van der Waals surface area contributed by atoms with Gasteiger partial charge in [0.25, 0.3) is 0 Å². The molecule has 1 unspecified atom stereocenters. The van der Waals surface area contributed by atoms with Crippen LogP contribution in [0.25, 0.3) is 0 Å². The lowest BCUT2D eigenvalue weighted by Gasteiger charge is -2.16. The third-order valence-electron chi connectivity index (χ3n) is 2.49. The Balaban J connectivity index is 2.35. The first-order valence-electron chi connectivity index (χ1n) is 5.81.